The summed E-state index contributed by atoms with van der Waals surface area (Å²) in [5.74, 6) is 0. The second-order valence-corrected chi connectivity index (χ2v) is 4.26. The maximum absolute atomic E-state index is 5.51. The van der Waals surface area contributed by atoms with E-state index < -0.39 is 0 Å². The summed E-state index contributed by atoms with van der Waals surface area (Å²) in [6.07, 6.45) is 3.91. The lowest BCUT2D eigenvalue weighted by Gasteiger charge is -2.26. The maximum atomic E-state index is 5.51. The van der Waals surface area contributed by atoms with Crippen LogP contribution in [0.25, 0.3) is 0 Å². The molecule has 0 aliphatic heterocycles. The van der Waals surface area contributed by atoms with Crippen molar-refractivity contribution in [2.45, 2.75) is 33.0 Å². The lowest BCUT2D eigenvalue weighted by atomic mass is 10.3. The van der Waals surface area contributed by atoms with E-state index in [1.807, 2.05) is 10.9 Å². The van der Waals surface area contributed by atoms with Gasteiger partial charge in [0, 0.05) is 39.0 Å². The molecule has 0 saturated heterocycles. The van der Waals surface area contributed by atoms with Gasteiger partial charge in [0.25, 0.3) is 0 Å². The Kier molecular flexibility index (Phi) is 6.18. The van der Waals surface area contributed by atoms with E-state index in [1.54, 1.807) is 7.11 Å². The van der Waals surface area contributed by atoms with E-state index in [1.165, 1.54) is 0 Å². The highest BCUT2D eigenvalue weighted by Gasteiger charge is 2.13. The van der Waals surface area contributed by atoms with Crippen LogP contribution in [0.15, 0.2) is 12.5 Å². The van der Waals surface area contributed by atoms with Gasteiger partial charge in [0.15, 0.2) is 0 Å². The summed E-state index contributed by atoms with van der Waals surface area (Å²) in [6, 6.07) is 0.407. The van der Waals surface area contributed by atoms with Gasteiger partial charge in [-0.05, 0) is 13.5 Å². The van der Waals surface area contributed by atoms with Gasteiger partial charge in [-0.2, -0.15) is 0 Å². The van der Waals surface area contributed by atoms with Gasteiger partial charge < -0.3 is 15.0 Å². The standard InChI is InChI=1S/C12H24N4O/c1-4-16(11(2)9-17-3)8-12-7-15(6-5-13)10-14-12/h7,10-11H,4-6,8-9,13H2,1-3H3. The molecule has 1 unspecified atom stereocenters. The summed E-state index contributed by atoms with van der Waals surface area (Å²) in [6.45, 7) is 8.40. The predicted molar refractivity (Wildman–Crippen MR) is 68.7 cm³/mol. The molecule has 17 heavy (non-hydrogen) atoms. The molecule has 0 spiro atoms. The zero-order valence-electron chi connectivity index (χ0n) is 11.1. The van der Waals surface area contributed by atoms with Gasteiger partial charge >= 0.3 is 0 Å². The third kappa shape index (κ3) is 4.46. The molecule has 1 aromatic rings. The molecule has 0 aromatic carbocycles. The van der Waals surface area contributed by atoms with Crippen molar-refractivity contribution in [1.29, 1.82) is 0 Å². The minimum Gasteiger partial charge on any atom is -0.383 e. The minimum absolute atomic E-state index is 0.407. The molecule has 1 atom stereocenters. The van der Waals surface area contributed by atoms with Crippen LogP contribution in [0.3, 0.4) is 0 Å². The minimum atomic E-state index is 0.407. The highest BCUT2D eigenvalue weighted by Crippen LogP contribution is 2.06. The van der Waals surface area contributed by atoms with Crippen molar-refractivity contribution in [3.05, 3.63) is 18.2 Å². The van der Waals surface area contributed by atoms with Crippen molar-refractivity contribution in [2.24, 2.45) is 5.73 Å². The Hall–Kier alpha value is -0.910. The van der Waals surface area contributed by atoms with Crippen LogP contribution in [0.2, 0.25) is 0 Å². The molecule has 0 radical (unpaired) electrons. The molecule has 0 saturated carbocycles. The Morgan fingerprint density at radius 2 is 2.35 bits per heavy atom. The molecule has 98 valence electrons. The Morgan fingerprint density at radius 3 is 2.94 bits per heavy atom. The molecular weight excluding hydrogens is 216 g/mol. The third-order valence-electron chi connectivity index (χ3n) is 2.88. The molecule has 1 heterocycles. The summed E-state index contributed by atoms with van der Waals surface area (Å²) in [5, 5.41) is 0. The van der Waals surface area contributed by atoms with E-state index >= 15 is 0 Å². The van der Waals surface area contributed by atoms with Crippen LogP contribution < -0.4 is 5.73 Å². The molecule has 5 heteroatoms. The van der Waals surface area contributed by atoms with Crippen LogP contribution in [0.5, 0.6) is 0 Å². The first-order valence-corrected chi connectivity index (χ1v) is 6.15. The number of hydrogen-bond acceptors (Lipinski definition) is 4. The average molecular weight is 240 g/mol. The number of hydrogen-bond donors (Lipinski definition) is 1. The van der Waals surface area contributed by atoms with Gasteiger partial charge in [-0.1, -0.05) is 6.92 Å². The predicted octanol–water partition coefficient (Wildman–Crippen LogP) is 0.699. The number of ether oxygens (including phenoxy) is 1. The second kappa shape index (κ2) is 7.42. The lowest BCUT2D eigenvalue weighted by molar-refractivity contribution is 0.0974. The van der Waals surface area contributed by atoms with Crippen LogP contribution in [-0.4, -0.2) is 47.3 Å². The van der Waals surface area contributed by atoms with Crippen LogP contribution >= 0.6 is 0 Å². The molecular formula is C12H24N4O. The van der Waals surface area contributed by atoms with Gasteiger partial charge in [-0.3, -0.25) is 4.90 Å². The molecule has 0 bridgehead atoms. The largest absolute Gasteiger partial charge is 0.383 e. The molecule has 0 aliphatic rings. The van der Waals surface area contributed by atoms with E-state index in [-0.39, 0.29) is 0 Å². The molecule has 0 aliphatic carbocycles. The summed E-state index contributed by atoms with van der Waals surface area (Å²) in [7, 11) is 1.74. The smallest absolute Gasteiger partial charge is 0.0950 e. The van der Waals surface area contributed by atoms with Crippen molar-refractivity contribution >= 4 is 0 Å². The fourth-order valence-electron chi connectivity index (χ4n) is 1.89. The summed E-state index contributed by atoms with van der Waals surface area (Å²) >= 11 is 0. The highest BCUT2D eigenvalue weighted by molar-refractivity contribution is 4.97. The van der Waals surface area contributed by atoms with Gasteiger partial charge in [0.1, 0.15) is 0 Å². The topological polar surface area (TPSA) is 56.3 Å². The zero-order chi connectivity index (χ0) is 12.7. The van der Waals surface area contributed by atoms with Gasteiger partial charge in [-0.25, -0.2) is 4.98 Å². The maximum Gasteiger partial charge on any atom is 0.0950 e. The zero-order valence-corrected chi connectivity index (χ0v) is 11.1. The SMILES string of the molecule is CCN(Cc1cn(CCN)cn1)C(C)COC. The van der Waals surface area contributed by atoms with E-state index in [9.17, 15) is 0 Å². The number of nitrogens with zero attached hydrogens (tertiary/aromatic N) is 3. The summed E-state index contributed by atoms with van der Waals surface area (Å²) < 4.78 is 7.22. The second-order valence-electron chi connectivity index (χ2n) is 4.26. The Labute approximate surface area is 104 Å². The van der Waals surface area contributed by atoms with Crippen LogP contribution in [0.4, 0.5) is 0 Å². The first-order valence-electron chi connectivity index (χ1n) is 6.15. The molecule has 0 amide bonds. The van der Waals surface area contributed by atoms with Crippen molar-refractivity contribution in [3.8, 4) is 0 Å². The van der Waals surface area contributed by atoms with Gasteiger partial charge in [-0.15, -0.1) is 0 Å². The van der Waals surface area contributed by atoms with E-state index in [0.717, 1.165) is 31.9 Å². The van der Waals surface area contributed by atoms with Gasteiger partial charge in [0.2, 0.25) is 0 Å². The molecule has 1 rings (SSSR count). The van der Waals surface area contributed by atoms with Crippen molar-refractivity contribution in [2.75, 3.05) is 26.8 Å². The van der Waals surface area contributed by atoms with Crippen LogP contribution in [-0.2, 0) is 17.8 Å². The summed E-state index contributed by atoms with van der Waals surface area (Å²) in [5.41, 5.74) is 6.60. The number of aromatic nitrogens is 2. The molecule has 1 aromatic heterocycles. The normalized spacial score (nSPS) is 13.2. The van der Waals surface area contributed by atoms with Gasteiger partial charge in [0.05, 0.1) is 18.6 Å². The molecule has 5 nitrogen and oxygen atoms in total. The monoisotopic (exact) mass is 240 g/mol. The van der Waals surface area contributed by atoms with Crippen molar-refractivity contribution in [1.82, 2.24) is 14.5 Å². The van der Waals surface area contributed by atoms with Crippen molar-refractivity contribution in [3.63, 3.8) is 0 Å². The number of imidazole rings is 1. The number of rotatable bonds is 8. The Bertz CT molecular complexity index is 313. The van der Waals surface area contributed by atoms with E-state index in [0.29, 0.717) is 12.6 Å². The quantitative estimate of drug-likeness (QED) is 0.726. The Morgan fingerprint density at radius 1 is 1.59 bits per heavy atom. The van der Waals surface area contributed by atoms with Crippen molar-refractivity contribution < 1.29 is 4.74 Å². The third-order valence-corrected chi connectivity index (χ3v) is 2.88. The van der Waals surface area contributed by atoms with E-state index in [4.69, 9.17) is 10.5 Å². The Balaban J connectivity index is 2.54. The highest BCUT2D eigenvalue weighted by atomic mass is 16.5. The first-order chi connectivity index (χ1) is 8.21. The molecule has 0 fully saturated rings. The lowest BCUT2D eigenvalue weighted by Crippen LogP contribution is -2.35. The van der Waals surface area contributed by atoms with E-state index in [2.05, 4.69) is 29.9 Å². The number of nitrogens with two attached hydrogens (primary N) is 1. The van der Waals surface area contributed by atoms with Crippen LogP contribution in [0.1, 0.15) is 19.5 Å². The number of methoxy groups -OCH3 is 1. The average Bonchev–Trinajstić information content (AvgIpc) is 2.74. The number of likely N-dealkylation sites (N-methyl/N-ethyl adjacent to an activating group) is 1. The fourth-order valence-corrected chi connectivity index (χ4v) is 1.89. The molecule has 2 N–H and O–H groups in total. The first kappa shape index (κ1) is 14.2. The fraction of sp³-hybridized carbons (Fsp3) is 0.750. The van der Waals surface area contributed by atoms with Crippen LogP contribution in [0, 0.1) is 0 Å². The summed E-state index contributed by atoms with van der Waals surface area (Å²) in [4.78, 5) is 6.74.